The lowest BCUT2D eigenvalue weighted by molar-refractivity contribution is 0.150. The lowest BCUT2D eigenvalue weighted by Gasteiger charge is -2.20. The molecule has 0 amide bonds. The van der Waals surface area contributed by atoms with Gasteiger partial charge in [0.25, 0.3) is 0 Å². The third-order valence-electron chi connectivity index (χ3n) is 2.46. The minimum atomic E-state index is 0.220. The molecule has 1 saturated heterocycles. The van der Waals surface area contributed by atoms with Gasteiger partial charge in [0, 0.05) is 6.04 Å². The molecule has 1 aromatic rings. The highest BCUT2D eigenvalue weighted by Gasteiger charge is 2.24. The fraction of sp³-hybridized carbons (Fsp3) is 0.750. The topological polar surface area (TPSA) is 62.4 Å². The summed E-state index contributed by atoms with van der Waals surface area (Å²) in [7, 11) is 0. The van der Waals surface area contributed by atoms with E-state index in [0.717, 1.165) is 19.4 Å². The van der Waals surface area contributed by atoms with Gasteiger partial charge in [-0.05, 0) is 19.4 Å². The van der Waals surface area contributed by atoms with Crippen molar-refractivity contribution in [3.05, 3.63) is 12.2 Å². The van der Waals surface area contributed by atoms with Crippen LogP contribution in [-0.2, 0) is 6.54 Å². The molecule has 0 unspecified atom stereocenters. The molecule has 0 spiro atoms. The Labute approximate surface area is 76.4 Å². The minimum absolute atomic E-state index is 0.220. The van der Waals surface area contributed by atoms with Crippen molar-refractivity contribution in [3.8, 4) is 0 Å². The first-order valence-corrected chi connectivity index (χ1v) is 4.50. The lowest BCUT2D eigenvalue weighted by Crippen LogP contribution is -2.31. The van der Waals surface area contributed by atoms with Gasteiger partial charge < -0.3 is 9.63 Å². The first kappa shape index (κ1) is 8.65. The van der Waals surface area contributed by atoms with Gasteiger partial charge in [0.05, 0.1) is 13.2 Å². The van der Waals surface area contributed by atoms with E-state index in [1.54, 1.807) is 0 Å². The van der Waals surface area contributed by atoms with Gasteiger partial charge in [-0.15, -0.1) is 0 Å². The molecular formula is C8H13N3O2. The van der Waals surface area contributed by atoms with E-state index in [9.17, 15) is 0 Å². The standard InChI is InChI=1S/C8H13N3O2/c12-5-7-2-1-3-11(7)4-8-9-6-13-10-8/h6-7,12H,1-5H2/t7-/m1/s1. The van der Waals surface area contributed by atoms with Crippen molar-refractivity contribution in [2.24, 2.45) is 0 Å². The summed E-state index contributed by atoms with van der Waals surface area (Å²) >= 11 is 0. The van der Waals surface area contributed by atoms with Crippen molar-refractivity contribution in [2.75, 3.05) is 13.2 Å². The van der Waals surface area contributed by atoms with Crippen LogP contribution in [0.2, 0.25) is 0 Å². The van der Waals surface area contributed by atoms with E-state index in [1.807, 2.05) is 0 Å². The second kappa shape index (κ2) is 3.85. The molecule has 0 radical (unpaired) electrons. The zero-order valence-corrected chi connectivity index (χ0v) is 7.39. The van der Waals surface area contributed by atoms with Gasteiger partial charge in [-0.2, -0.15) is 4.98 Å². The van der Waals surface area contributed by atoms with Crippen LogP contribution in [0.1, 0.15) is 18.7 Å². The maximum absolute atomic E-state index is 9.06. The average Bonchev–Trinajstić information content (AvgIpc) is 2.76. The zero-order valence-electron chi connectivity index (χ0n) is 7.39. The molecule has 1 fully saturated rings. The Morgan fingerprint density at radius 1 is 1.69 bits per heavy atom. The summed E-state index contributed by atoms with van der Waals surface area (Å²) < 4.78 is 4.64. The van der Waals surface area contributed by atoms with Crippen molar-refractivity contribution in [2.45, 2.75) is 25.4 Å². The normalized spacial score (nSPS) is 23.9. The quantitative estimate of drug-likeness (QED) is 0.716. The van der Waals surface area contributed by atoms with Gasteiger partial charge in [-0.3, -0.25) is 4.90 Å². The maximum Gasteiger partial charge on any atom is 0.213 e. The van der Waals surface area contributed by atoms with Crippen molar-refractivity contribution >= 4 is 0 Å². The van der Waals surface area contributed by atoms with E-state index in [0.29, 0.717) is 12.4 Å². The highest BCUT2D eigenvalue weighted by atomic mass is 16.5. The molecule has 2 heterocycles. The number of hydrogen-bond acceptors (Lipinski definition) is 5. The summed E-state index contributed by atoms with van der Waals surface area (Å²) in [4.78, 5) is 6.13. The van der Waals surface area contributed by atoms with E-state index in [2.05, 4.69) is 19.6 Å². The summed E-state index contributed by atoms with van der Waals surface area (Å²) in [6.45, 7) is 1.92. The van der Waals surface area contributed by atoms with Crippen molar-refractivity contribution in [1.29, 1.82) is 0 Å². The Morgan fingerprint density at radius 3 is 3.31 bits per heavy atom. The Balaban J connectivity index is 1.94. The fourth-order valence-corrected chi connectivity index (χ4v) is 1.75. The predicted octanol–water partition coefficient (Wildman–Crippen LogP) is 0.0263. The van der Waals surface area contributed by atoms with Crippen LogP contribution in [0, 0.1) is 0 Å². The van der Waals surface area contributed by atoms with E-state index < -0.39 is 0 Å². The summed E-state index contributed by atoms with van der Waals surface area (Å²) in [6.07, 6.45) is 3.54. The van der Waals surface area contributed by atoms with Crippen molar-refractivity contribution < 1.29 is 9.63 Å². The molecule has 5 heteroatoms. The summed E-state index contributed by atoms with van der Waals surface area (Å²) in [5.41, 5.74) is 0. The Morgan fingerprint density at radius 2 is 2.62 bits per heavy atom. The largest absolute Gasteiger partial charge is 0.395 e. The number of aliphatic hydroxyl groups is 1. The molecule has 1 N–H and O–H groups in total. The molecule has 5 nitrogen and oxygen atoms in total. The van der Waals surface area contributed by atoms with Gasteiger partial charge in [0.2, 0.25) is 6.39 Å². The fourth-order valence-electron chi connectivity index (χ4n) is 1.75. The van der Waals surface area contributed by atoms with Crippen LogP contribution in [0.5, 0.6) is 0 Å². The number of rotatable bonds is 3. The Hall–Kier alpha value is -0.940. The number of likely N-dealkylation sites (tertiary alicyclic amines) is 1. The Kier molecular flexibility index (Phi) is 2.56. The van der Waals surface area contributed by atoms with Gasteiger partial charge in [0.1, 0.15) is 0 Å². The molecule has 13 heavy (non-hydrogen) atoms. The van der Waals surface area contributed by atoms with Gasteiger partial charge in [-0.25, -0.2) is 0 Å². The summed E-state index contributed by atoms with van der Waals surface area (Å²) in [5, 5.41) is 12.8. The van der Waals surface area contributed by atoms with Gasteiger partial charge in [0.15, 0.2) is 5.82 Å². The van der Waals surface area contributed by atoms with Crippen LogP contribution in [0.3, 0.4) is 0 Å². The molecule has 0 aliphatic carbocycles. The highest BCUT2D eigenvalue weighted by molar-refractivity contribution is 4.85. The van der Waals surface area contributed by atoms with Gasteiger partial charge >= 0.3 is 0 Å². The third-order valence-corrected chi connectivity index (χ3v) is 2.46. The summed E-state index contributed by atoms with van der Waals surface area (Å²) in [6, 6.07) is 0.276. The first-order valence-electron chi connectivity index (χ1n) is 4.50. The molecule has 0 saturated carbocycles. The second-order valence-corrected chi connectivity index (χ2v) is 3.30. The zero-order chi connectivity index (χ0) is 9.10. The SMILES string of the molecule is OC[C@H]1CCCN1Cc1ncon1. The van der Waals surface area contributed by atoms with E-state index in [4.69, 9.17) is 5.11 Å². The number of aliphatic hydroxyl groups excluding tert-OH is 1. The van der Waals surface area contributed by atoms with Crippen LogP contribution < -0.4 is 0 Å². The van der Waals surface area contributed by atoms with Crippen molar-refractivity contribution in [3.63, 3.8) is 0 Å². The highest BCUT2D eigenvalue weighted by Crippen LogP contribution is 2.17. The van der Waals surface area contributed by atoms with Gasteiger partial charge in [-0.1, -0.05) is 5.16 Å². The molecule has 1 atom stereocenters. The van der Waals surface area contributed by atoms with Crippen LogP contribution in [0.4, 0.5) is 0 Å². The predicted molar refractivity (Wildman–Crippen MR) is 44.8 cm³/mol. The maximum atomic E-state index is 9.06. The molecule has 1 aliphatic heterocycles. The van der Waals surface area contributed by atoms with E-state index >= 15 is 0 Å². The smallest absolute Gasteiger partial charge is 0.213 e. The molecular weight excluding hydrogens is 170 g/mol. The van der Waals surface area contributed by atoms with Crippen molar-refractivity contribution in [1.82, 2.24) is 15.0 Å². The second-order valence-electron chi connectivity index (χ2n) is 3.30. The minimum Gasteiger partial charge on any atom is -0.395 e. The number of hydrogen-bond donors (Lipinski definition) is 1. The molecule has 0 bridgehead atoms. The third kappa shape index (κ3) is 1.87. The summed E-state index contributed by atoms with van der Waals surface area (Å²) in [5.74, 6) is 0.695. The number of aromatic nitrogens is 2. The molecule has 72 valence electrons. The number of nitrogens with zero attached hydrogens (tertiary/aromatic N) is 3. The van der Waals surface area contributed by atoms with E-state index in [-0.39, 0.29) is 12.6 Å². The average molecular weight is 183 g/mol. The molecule has 1 aromatic heterocycles. The van der Waals surface area contributed by atoms with E-state index in [1.165, 1.54) is 6.39 Å². The molecule has 0 aromatic carbocycles. The molecule has 2 rings (SSSR count). The van der Waals surface area contributed by atoms with Crippen LogP contribution in [-0.4, -0.2) is 39.3 Å². The van der Waals surface area contributed by atoms with Crippen LogP contribution >= 0.6 is 0 Å². The monoisotopic (exact) mass is 183 g/mol. The molecule has 1 aliphatic rings. The van der Waals surface area contributed by atoms with Crippen LogP contribution in [0.15, 0.2) is 10.9 Å². The lowest BCUT2D eigenvalue weighted by atomic mass is 10.2. The first-order chi connectivity index (χ1) is 6.40. The Bertz CT molecular complexity index is 250. The van der Waals surface area contributed by atoms with Crippen LogP contribution in [0.25, 0.3) is 0 Å².